The van der Waals surface area contributed by atoms with E-state index >= 15 is 0 Å². The van der Waals surface area contributed by atoms with E-state index in [2.05, 4.69) is 19.9 Å². The van der Waals surface area contributed by atoms with Crippen LogP contribution in [0.3, 0.4) is 0 Å². The molecule has 2 aliphatic rings. The van der Waals surface area contributed by atoms with Crippen molar-refractivity contribution in [1.29, 1.82) is 0 Å². The van der Waals surface area contributed by atoms with Crippen molar-refractivity contribution in [2.24, 2.45) is 0 Å². The lowest BCUT2D eigenvalue weighted by Gasteiger charge is -2.21. The molecule has 0 aromatic carbocycles. The van der Waals surface area contributed by atoms with Crippen LogP contribution in [-0.2, 0) is 10.0 Å². The topological polar surface area (TPSA) is 74.3 Å². The van der Waals surface area contributed by atoms with E-state index in [1.165, 1.54) is 18.7 Å². The zero-order valence-electron chi connectivity index (χ0n) is 11.5. The SMILES string of the molecule is CNc1cc(S(=O)(=O)NC2CCN3CCCC23)ccn1. The second kappa shape index (κ2) is 5.31. The van der Waals surface area contributed by atoms with Crippen molar-refractivity contribution in [3.05, 3.63) is 18.3 Å². The number of hydrogen-bond acceptors (Lipinski definition) is 5. The predicted molar refractivity (Wildman–Crippen MR) is 77.1 cm³/mol. The van der Waals surface area contributed by atoms with E-state index in [0.29, 0.717) is 11.9 Å². The molecule has 2 N–H and O–H groups in total. The lowest BCUT2D eigenvalue weighted by atomic mass is 10.1. The fraction of sp³-hybridized carbons (Fsp3) is 0.615. The second-order valence-electron chi connectivity index (χ2n) is 5.39. The Morgan fingerprint density at radius 2 is 2.20 bits per heavy atom. The highest BCUT2D eigenvalue weighted by atomic mass is 32.2. The van der Waals surface area contributed by atoms with Crippen molar-refractivity contribution in [1.82, 2.24) is 14.6 Å². The molecule has 0 radical (unpaired) electrons. The van der Waals surface area contributed by atoms with Crippen LogP contribution in [0.2, 0.25) is 0 Å². The fourth-order valence-electron chi connectivity index (χ4n) is 3.20. The van der Waals surface area contributed by atoms with E-state index in [0.717, 1.165) is 25.9 Å². The number of fused-ring (bicyclic) bond motifs is 1. The first-order valence-electron chi connectivity index (χ1n) is 7.00. The van der Waals surface area contributed by atoms with Crippen molar-refractivity contribution in [2.45, 2.75) is 36.2 Å². The number of aromatic nitrogens is 1. The molecule has 3 rings (SSSR count). The number of pyridine rings is 1. The van der Waals surface area contributed by atoms with Crippen LogP contribution in [0.1, 0.15) is 19.3 Å². The third-order valence-electron chi connectivity index (χ3n) is 4.21. The van der Waals surface area contributed by atoms with Crippen LogP contribution < -0.4 is 10.0 Å². The molecule has 20 heavy (non-hydrogen) atoms. The monoisotopic (exact) mass is 296 g/mol. The Labute approximate surface area is 119 Å². The zero-order chi connectivity index (χ0) is 14.2. The molecule has 6 nitrogen and oxygen atoms in total. The van der Waals surface area contributed by atoms with Gasteiger partial charge in [0.2, 0.25) is 10.0 Å². The van der Waals surface area contributed by atoms with Gasteiger partial charge in [-0.3, -0.25) is 4.90 Å². The molecule has 0 aliphatic carbocycles. The third-order valence-corrected chi connectivity index (χ3v) is 5.70. The summed E-state index contributed by atoms with van der Waals surface area (Å²) in [6.45, 7) is 2.10. The fourth-order valence-corrected chi connectivity index (χ4v) is 4.52. The molecule has 2 atom stereocenters. The first-order chi connectivity index (χ1) is 9.60. The highest BCUT2D eigenvalue weighted by Crippen LogP contribution is 2.29. The largest absolute Gasteiger partial charge is 0.373 e. The molecule has 1 aromatic rings. The molecule has 0 bridgehead atoms. The lowest BCUT2D eigenvalue weighted by Crippen LogP contribution is -2.42. The maximum atomic E-state index is 12.5. The quantitative estimate of drug-likeness (QED) is 0.853. The Kier molecular flexibility index (Phi) is 3.66. The summed E-state index contributed by atoms with van der Waals surface area (Å²) < 4.78 is 27.8. The average Bonchev–Trinajstić information content (AvgIpc) is 3.04. The maximum absolute atomic E-state index is 12.5. The molecular formula is C13H20N4O2S. The standard InChI is InChI=1S/C13H20N4O2S/c1-14-13-9-10(4-6-15-13)20(18,19)16-11-5-8-17-7-2-3-12(11)17/h4,6,9,11-12,16H,2-3,5,7-8H2,1H3,(H,14,15). The van der Waals surface area contributed by atoms with Crippen LogP contribution in [-0.4, -0.2) is 50.5 Å². The summed E-state index contributed by atoms with van der Waals surface area (Å²) in [7, 11) is -1.75. The first kappa shape index (κ1) is 13.8. The number of anilines is 1. The number of hydrogen-bond donors (Lipinski definition) is 2. The molecule has 1 aromatic heterocycles. The normalized spacial score (nSPS) is 26.6. The summed E-state index contributed by atoms with van der Waals surface area (Å²) in [6, 6.07) is 3.50. The van der Waals surface area contributed by atoms with Crippen LogP contribution in [0.5, 0.6) is 0 Å². The lowest BCUT2D eigenvalue weighted by molar-refractivity contribution is 0.309. The highest BCUT2D eigenvalue weighted by Gasteiger charge is 2.39. The van der Waals surface area contributed by atoms with E-state index in [1.807, 2.05) is 0 Å². The zero-order valence-corrected chi connectivity index (χ0v) is 12.4. The Bertz CT molecular complexity index is 590. The van der Waals surface area contributed by atoms with Crippen LogP contribution in [0.15, 0.2) is 23.2 Å². The van der Waals surface area contributed by atoms with Gasteiger partial charge < -0.3 is 5.32 Å². The van der Waals surface area contributed by atoms with Gasteiger partial charge in [0, 0.05) is 37.9 Å². The van der Waals surface area contributed by atoms with Gasteiger partial charge in [-0.15, -0.1) is 0 Å². The Hall–Kier alpha value is -1.18. The third kappa shape index (κ3) is 2.53. The Morgan fingerprint density at radius 1 is 1.35 bits per heavy atom. The van der Waals surface area contributed by atoms with Gasteiger partial charge in [0.1, 0.15) is 5.82 Å². The average molecular weight is 296 g/mol. The van der Waals surface area contributed by atoms with Crippen LogP contribution in [0, 0.1) is 0 Å². The molecule has 7 heteroatoms. The van der Waals surface area contributed by atoms with Gasteiger partial charge in [-0.25, -0.2) is 18.1 Å². The maximum Gasteiger partial charge on any atom is 0.241 e. The molecule has 3 heterocycles. The van der Waals surface area contributed by atoms with Gasteiger partial charge in [-0.1, -0.05) is 0 Å². The molecule has 0 spiro atoms. The predicted octanol–water partition coefficient (Wildman–Crippen LogP) is 0.638. The van der Waals surface area contributed by atoms with E-state index < -0.39 is 10.0 Å². The number of rotatable bonds is 4. The summed E-state index contributed by atoms with van der Waals surface area (Å²) in [6.07, 6.45) is 4.66. The van der Waals surface area contributed by atoms with Crippen LogP contribution >= 0.6 is 0 Å². The molecule has 2 unspecified atom stereocenters. The second-order valence-corrected chi connectivity index (χ2v) is 7.10. The van der Waals surface area contributed by atoms with E-state index in [-0.39, 0.29) is 10.9 Å². The molecule has 110 valence electrons. The summed E-state index contributed by atoms with van der Waals surface area (Å²) in [5.41, 5.74) is 0. The minimum absolute atomic E-state index is 0.0358. The van der Waals surface area contributed by atoms with E-state index in [1.54, 1.807) is 13.1 Å². The van der Waals surface area contributed by atoms with Crippen molar-refractivity contribution in [3.8, 4) is 0 Å². The summed E-state index contributed by atoms with van der Waals surface area (Å²) in [5, 5.41) is 2.86. The van der Waals surface area contributed by atoms with Gasteiger partial charge in [0.25, 0.3) is 0 Å². The minimum Gasteiger partial charge on any atom is -0.373 e. The van der Waals surface area contributed by atoms with Crippen molar-refractivity contribution in [3.63, 3.8) is 0 Å². The van der Waals surface area contributed by atoms with E-state index in [9.17, 15) is 8.42 Å². The smallest absolute Gasteiger partial charge is 0.241 e. The van der Waals surface area contributed by atoms with Crippen LogP contribution in [0.4, 0.5) is 5.82 Å². The van der Waals surface area contributed by atoms with Crippen molar-refractivity contribution in [2.75, 3.05) is 25.5 Å². The molecule has 0 amide bonds. The Balaban J connectivity index is 1.78. The van der Waals surface area contributed by atoms with Crippen molar-refractivity contribution < 1.29 is 8.42 Å². The van der Waals surface area contributed by atoms with Gasteiger partial charge in [-0.05, 0) is 31.9 Å². The summed E-state index contributed by atoms with van der Waals surface area (Å²) in [4.78, 5) is 6.70. The van der Waals surface area contributed by atoms with E-state index in [4.69, 9.17) is 0 Å². The summed E-state index contributed by atoms with van der Waals surface area (Å²) >= 11 is 0. The number of nitrogens with one attached hydrogen (secondary N) is 2. The molecule has 2 aliphatic heterocycles. The minimum atomic E-state index is -3.47. The number of nitrogens with zero attached hydrogens (tertiary/aromatic N) is 2. The van der Waals surface area contributed by atoms with Gasteiger partial charge >= 0.3 is 0 Å². The molecule has 0 saturated carbocycles. The Morgan fingerprint density at radius 3 is 3.00 bits per heavy atom. The van der Waals surface area contributed by atoms with Crippen molar-refractivity contribution >= 4 is 15.8 Å². The summed E-state index contributed by atoms with van der Waals surface area (Å²) in [5.74, 6) is 0.557. The molecular weight excluding hydrogens is 276 g/mol. The molecule has 2 saturated heterocycles. The van der Waals surface area contributed by atoms with Crippen LogP contribution in [0.25, 0.3) is 0 Å². The van der Waals surface area contributed by atoms with Gasteiger partial charge in [-0.2, -0.15) is 0 Å². The molecule has 2 fully saturated rings. The first-order valence-corrected chi connectivity index (χ1v) is 8.49. The van der Waals surface area contributed by atoms with Gasteiger partial charge in [0.15, 0.2) is 0 Å². The highest BCUT2D eigenvalue weighted by molar-refractivity contribution is 7.89. The van der Waals surface area contributed by atoms with Gasteiger partial charge in [0.05, 0.1) is 4.90 Å². The number of sulfonamides is 1.